The van der Waals surface area contributed by atoms with Crippen molar-refractivity contribution in [3.63, 3.8) is 0 Å². The normalized spacial score (nSPS) is 28.1. The average Bonchev–Trinajstić information content (AvgIpc) is 3.15. The number of hydrogen-bond acceptors (Lipinski definition) is 1. The van der Waals surface area contributed by atoms with Crippen molar-refractivity contribution in [2.75, 3.05) is 6.54 Å². The molecule has 2 nitrogen and oxygen atoms in total. The van der Waals surface area contributed by atoms with Crippen LogP contribution in [0.15, 0.2) is 30.3 Å². The van der Waals surface area contributed by atoms with Gasteiger partial charge < -0.3 is 5.32 Å². The molecule has 2 unspecified atom stereocenters. The van der Waals surface area contributed by atoms with Crippen LogP contribution in [0.4, 0.5) is 0 Å². The van der Waals surface area contributed by atoms with Gasteiger partial charge in [-0.05, 0) is 43.6 Å². The van der Waals surface area contributed by atoms with E-state index in [1.54, 1.807) is 0 Å². The molecule has 3 rings (SSSR count). The van der Waals surface area contributed by atoms with Gasteiger partial charge in [-0.2, -0.15) is 0 Å². The van der Waals surface area contributed by atoms with E-state index in [1.165, 1.54) is 24.8 Å². The zero-order chi connectivity index (χ0) is 13.3. The molecule has 0 radical (unpaired) electrons. The number of carbonyl (C=O) groups is 1. The quantitative estimate of drug-likeness (QED) is 0.846. The van der Waals surface area contributed by atoms with Crippen LogP contribution in [-0.2, 0) is 10.2 Å². The molecule has 19 heavy (non-hydrogen) atoms. The molecule has 2 aliphatic carbocycles. The Morgan fingerprint density at radius 2 is 2.00 bits per heavy atom. The molecule has 0 aliphatic heterocycles. The SMILES string of the molecule is O=C(NCC1CCC(Br)C1)C1(c2ccccc2)CC1. The van der Waals surface area contributed by atoms with E-state index in [0.29, 0.717) is 10.7 Å². The minimum Gasteiger partial charge on any atom is -0.355 e. The van der Waals surface area contributed by atoms with Crippen molar-refractivity contribution in [1.29, 1.82) is 0 Å². The number of halogens is 1. The second-order valence-electron chi connectivity index (χ2n) is 5.93. The van der Waals surface area contributed by atoms with Crippen LogP contribution in [0.2, 0.25) is 0 Å². The lowest BCUT2D eigenvalue weighted by Crippen LogP contribution is -2.37. The molecule has 2 atom stereocenters. The van der Waals surface area contributed by atoms with Crippen LogP contribution in [0.3, 0.4) is 0 Å². The van der Waals surface area contributed by atoms with Crippen LogP contribution in [0.5, 0.6) is 0 Å². The Morgan fingerprint density at radius 3 is 2.58 bits per heavy atom. The Labute approximate surface area is 123 Å². The predicted octanol–water partition coefficient (Wildman–Crippen LogP) is 3.40. The van der Waals surface area contributed by atoms with E-state index in [-0.39, 0.29) is 11.3 Å². The molecule has 2 aliphatic rings. The first kappa shape index (κ1) is 13.2. The lowest BCUT2D eigenvalue weighted by atomic mass is 9.95. The molecule has 0 bridgehead atoms. The van der Waals surface area contributed by atoms with Gasteiger partial charge in [-0.1, -0.05) is 46.3 Å². The fourth-order valence-electron chi connectivity index (χ4n) is 3.13. The summed E-state index contributed by atoms with van der Waals surface area (Å²) >= 11 is 3.66. The van der Waals surface area contributed by atoms with Crippen LogP contribution in [0.25, 0.3) is 0 Å². The van der Waals surface area contributed by atoms with Crippen molar-refractivity contribution in [2.24, 2.45) is 5.92 Å². The summed E-state index contributed by atoms with van der Waals surface area (Å²) in [6, 6.07) is 10.2. The number of carbonyl (C=O) groups excluding carboxylic acids is 1. The zero-order valence-corrected chi connectivity index (χ0v) is 12.7. The van der Waals surface area contributed by atoms with E-state index in [2.05, 4.69) is 33.4 Å². The van der Waals surface area contributed by atoms with Crippen LogP contribution in [0, 0.1) is 5.92 Å². The van der Waals surface area contributed by atoms with Crippen molar-refractivity contribution in [2.45, 2.75) is 42.3 Å². The van der Waals surface area contributed by atoms with Gasteiger partial charge in [0.05, 0.1) is 5.41 Å². The molecule has 1 aromatic rings. The fourth-order valence-corrected chi connectivity index (χ4v) is 3.93. The smallest absolute Gasteiger partial charge is 0.230 e. The van der Waals surface area contributed by atoms with E-state index in [1.807, 2.05) is 18.2 Å². The Morgan fingerprint density at radius 1 is 1.26 bits per heavy atom. The van der Waals surface area contributed by atoms with Gasteiger partial charge in [-0.25, -0.2) is 0 Å². The monoisotopic (exact) mass is 321 g/mol. The molecule has 1 aromatic carbocycles. The molecular formula is C16H20BrNO. The van der Waals surface area contributed by atoms with E-state index in [0.717, 1.165) is 19.4 Å². The number of amides is 1. The van der Waals surface area contributed by atoms with Crippen molar-refractivity contribution >= 4 is 21.8 Å². The molecule has 3 heteroatoms. The van der Waals surface area contributed by atoms with E-state index in [9.17, 15) is 4.79 Å². The fraction of sp³-hybridized carbons (Fsp3) is 0.562. The van der Waals surface area contributed by atoms with E-state index >= 15 is 0 Å². The third kappa shape index (κ3) is 2.71. The summed E-state index contributed by atoms with van der Waals surface area (Å²) in [4.78, 5) is 13.1. The highest BCUT2D eigenvalue weighted by Crippen LogP contribution is 2.48. The molecule has 2 saturated carbocycles. The summed E-state index contributed by atoms with van der Waals surface area (Å²) in [5, 5.41) is 3.19. The van der Waals surface area contributed by atoms with Crippen LogP contribution in [0.1, 0.15) is 37.7 Å². The minimum absolute atomic E-state index is 0.215. The number of nitrogens with one attached hydrogen (secondary N) is 1. The minimum atomic E-state index is -0.215. The van der Waals surface area contributed by atoms with Crippen LogP contribution >= 0.6 is 15.9 Å². The highest BCUT2D eigenvalue weighted by molar-refractivity contribution is 9.09. The highest BCUT2D eigenvalue weighted by atomic mass is 79.9. The summed E-state index contributed by atoms with van der Waals surface area (Å²) in [6.45, 7) is 0.843. The maximum Gasteiger partial charge on any atom is 0.230 e. The van der Waals surface area contributed by atoms with Gasteiger partial charge in [0.2, 0.25) is 5.91 Å². The summed E-state index contributed by atoms with van der Waals surface area (Å²) in [6.07, 6.45) is 5.65. The number of rotatable bonds is 4. The maximum atomic E-state index is 12.4. The Kier molecular flexibility index (Phi) is 3.66. The second-order valence-corrected chi connectivity index (χ2v) is 7.23. The number of benzene rings is 1. The largest absolute Gasteiger partial charge is 0.355 e. The molecule has 1 N–H and O–H groups in total. The van der Waals surface area contributed by atoms with Crippen molar-refractivity contribution < 1.29 is 4.79 Å². The standard InChI is InChI=1S/C16H20BrNO/c17-14-7-6-12(10-14)11-18-15(19)16(8-9-16)13-4-2-1-3-5-13/h1-5,12,14H,6-11H2,(H,18,19). The first-order valence-corrected chi connectivity index (χ1v) is 8.10. The molecule has 0 heterocycles. The first-order chi connectivity index (χ1) is 9.21. The number of alkyl halides is 1. The predicted molar refractivity (Wildman–Crippen MR) is 80.4 cm³/mol. The zero-order valence-electron chi connectivity index (χ0n) is 11.1. The molecule has 0 aromatic heterocycles. The molecule has 0 saturated heterocycles. The first-order valence-electron chi connectivity index (χ1n) is 7.18. The second kappa shape index (κ2) is 5.28. The van der Waals surface area contributed by atoms with E-state index < -0.39 is 0 Å². The molecule has 102 valence electrons. The molecular weight excluding hydrogens is 302 g/mol. The Bertz CT molecular complexity index is 455. The average molecular weight is 322 g/mol. The summed E-state index contributed by atoms with van der Waals surface area (Å²) in [5.74, 6) is 0.886. The Balaban J connectivity index is 1.59. The van der Waals surface area contributed by atoms with E-state index in [4.69, 9.17) is 0 Å². The lowest BCUT2D eigenvalue weighted by molar-refractivity contribution is -0.123. The van der Waals surface area contributed by atoms with Crippen molar-refractivity contribution in [3.8, 4) is 0 Å². The third-order valence-corrected chi connectivity index (χ3v) is 5.37. The summed E-state index contributed by atoms with van der Waals surface area (Å²) < 4.78 is 0. The third-order valence-electron chi connectivity index (χ3n) is 4.54. The van der Waals surface area contributed by atoms with Gasteiger partial charge >= 0.3 is 0 Å². The van der Waals surface area contributed by atoms with Crippen molar-refractivity contribution in [3.05, 3.63) is 35.9 Å². The summed E-state index contributed by atoms with van der Waals surface area (Å²) in [7, 11) is 0. The van der Waals surface area contributed by atoms with Gasteiger partial charge in [0.25, 0.3) is 0 Å². The maximum absolute atomic E-state index is 12.4. The molecule has 1 amide bonds. The molecule has 2 fully saturated rings. The lowest BCUT2D eigenvalue weighted by Gasteiger charge is -2.17. The van der Waals surface area contributed by atoms with Crippen LogP contribution < -0.4 is 5.32 Å². The number of hydrogen-bond donors (Lipinski definition) is 1. The van der Waals surface area contributed by atoms with Gasteiger partial charge in [-0.15, -0.1) is 0 Å². The van der Waals surface area contributed by atoms with Gasteiger partial charge in [0.15, 0.2) is 0 Å². The topological polar surface area (TPSA) is 29.1 Å². The van der Waals surface area contributed by atoms with Crippen molar-refractivity contribution in [1.82, 2.24) is 5.32 Å². The van der Waals surface area contributed by atoms with Gasteiger partial charge in [0.1, 0.15) is 0 Å². The van der Waals surface area contributed by atoms with Gasteiger partial charge in [-0.3, -0.25) is 4.79 Å². The van der Waals surface area contributed by atoms with Gasteiger partial charge in [0, 0.05) is 11.4 Å². The van der Waals surface area contributed by atoms with Crippen LogP contribution in [-0.4, -0.2) is 17.3 Å². The Hall–Kier alpha value is -0.830. The molecule has 0 spiro atoms. The summed E-state index contributed by atoms with van der Waals surface area (Å²) in [5.41, 5.74) is 0.963. The highest BCUT2D eigenvalue weighted by Gasteiger charge is 2.51.